The first-order chi connectivity index (χ1) is 10.7. The number of likely N-dealkylation sites (tertiary alicyclic amines) is 1. The zero-order chi connectivity index (χ0) is 15.1. The number of rotatable bonds is 2. The van der Waals surface area contributed by atoms with E-state index < -0.39 is 0 Å². The molecule has 23 heavy (non-hydrogen) atoms. The Bertz CT molecular complexity index is 540. The number of hydrogen-bond donors (Lipinski definition) is 1. The Morgan fingerprint density at radius 2 is 1.65 bits per heavy atom. The molecule has 1 aliphatic heterocycles. The lowest BCUT2D eigenvalue weighted by Crippen LogP contribution is -2.49. The van der Waals surface area contributed by atoms with E-state index in [0.717, 1.165) is 25.9 Å². The number of carbonyl (C=O) groups is 1. The van der Waals surface area contributed by atoms with Crippen molar-refractivity contribution in [1.82, 2.24) is 4.90 Å². The molecular formula is C19H27ClN2O. The van der Waals surface area contributed by atoms with Crippen molar-refractivity contribution in [2.75, 3.05) is 13.1 Å². The Labute approximate surface area is 145 Å². The molecular weight excluding hydrogens is 308 g/mol. The van der Waals surface area contributed by atoms with E-state index in [9.17, 15) is 4.79 Å². The van der Waals surface area contributed by atoms with Gasteiger partial charge in [-0.15, -0.1) is 12.4 Å². The monoisotopic (exact) mass is 334 g/mol. The van der Waals surface area contributed by atoms with Gasteiger partial charge in [0.2, 0.25) is 5.91 Å². The molecule has 2 N–H and O–H groups in total. The van der Waals surface area contributed by atoms with E-state index in [0.29, 0.717) is 23.7 Å². The van der Waals surface area contributed by atoms with Crippen molar-refractivity contribution >= 4 is 18.3 Å². The van der Waals surface area contributed by atoms with Gasteiger partial charge in [-0.05, 0) is 55.4 Å². The Kier molecular flexibility index (Phi) is 4.98. The fourth-order valence-electron chi connectivity index (χ4n) is 5.07. The molecule has 1 amide bonds. The fraction of sp³-hybridized carbons (Fsp3) is 0.632. The highest BCUT2D eigenvalue weighted by Crippen LogP contribution is 2.48. The number of halogens is 1. The van der Waals surface area contributed by atoms with Gasteiger partial charge in [-0.1, -0.05) is 30.3 Å². The Morgan fingerprint density at radius 1 is 1.00 bits per heavy atom. The van der Waals surface area contributed by atoms with Crippen LogP contribution in [0.25, 0.3) is 0 Å². The summed E-state index contributed by atoms with van der Waals surface area (Å²) >= 11 is 0. The molecule has 3 nitrogen and oxygen atoms in total. The second kappa shape index (κ2) is 6.82. The molecule has 1 heterocycles. The van der Waals surface area contributed by atoms with Gasteiger partial charge >= 0.3 is 0 Å². The zero-order valence-corrected chi connectivity index (χ0v) is 14.4. The molecule has 1 aromatic rings. The van der Waals surface area contributed by atoms with Crippen LogP contribution in [0.4, 0.5) is 0 Å². The Morgan fingerprint density at radius 3 is 2.26 bits per heavy atom. The van der Waals surface area contributed by atoms with E-state index in [1.807, 2.05) is 0 Å². The maximum absolute atomic E-state index is 12.9. The van der Waals surface area contributed by atoms with Gasteiger partial charge in [0.05, 0.1) is 5.92 Å². The first-order valence-electron chi connectivity index (χ1n) is 8.83. The van der Waals surface area contributed by atoms with Crippen LogP contribution in [0.5, 0.6) is 0 Å². The Balaban J connectivity index is 0.00000156. The second-order valence-corrected chi connectivity index (χ2v) is 7.45. The maximum atomic E-state index is 12.9. The Hall–Kier alpha value is -1.06. The van der Waals surface area contributed by atoms with Crippen LogP contribution in [-0.4, -0.2) is 29.9 Å². The third-order valence-electron chi connectivity index (χ3n) is 6.34. The summed E-state index contributed by atoms with van der Waals surface area (Å²) in [4.78, 5) is 15.0. The van der Waals surface area contributed by atoms with Crippen LogP contribution in [0, 0.1) is 17.8 Å². The molecule has 4 heteroatoms. The quantitative estimate of drug-likeness (QED) is 0.902. The molecule has 2 aliphatic carbocycles. The SMILES string of the molecule is Cl.NC1C2CCC(C2)C1C(=O)N1CCC(c2ccccc2)CC1. The summed E-state index contributed by atoms with van der Waals surface area (Å²) in [5.74, 6) is 2.26. The molecule has 0 radical (unpaired) electrons. The summed E-state index contributed by atoms with van der Waals surface area (Å²) in [7, 11) is 0. The van der Waals surface area contributed by atoms with E-state index in [-0.39, 0.29) is 24.4 Å². The van der Waals surface area contributed by atoms with Crippen molar-refractivity contribution in [3.63, 3.8) is 0 Å². The highest BCUT2D eigenvalue weighted by Gasteiger charge is 2.50. The van der Waals surface area contributed by atoms with Crippen LogP contribution in [0.15, 0.2) is 30.3 Å². The second-order valence-electron chi connectivity index (χ2n) is 7.45. The smallest absolute Gasteiger partial charge is 0.227 e. The number of nitrogens with zero attached hydrogens (tertiary/aromatic N) is 1. The summed E-state index contributed by atoms with van der Waals surface area (Å²) in [6, 6.07) is 10.8. The summed E-state index contributed by atoms with van der Waals surface area (Å²) in [6.45, 7) is 1.80. The van der Waals surface area contributed by atoms with Crippen molar-refractivity contribution in [1.29, 1.82) is 0 Å². The predicted octanol–water partition coefficient (Wildman–Crippen LogP) is 3.19. The molecule has 126 valence electrons. The van der Waals surface area contributed by atoms with Crippen LogP contribution in [0.3, 0.4) is 0 Å². The van der Waals surface area contributed by atoms with Crippen LogP contribution < -0.4 is 5.73 Å². The van der Waals surface area contributed by atoms with E-state index in [4.69, 9.17) is 5.73 Å². The van der Waals surface area contributed by atoms with Crippen molar-refractivity contribution < 1.29 is 4.79 Å². The standard InChI is InChI=1S/C19H26N2O.ClH/c20-18-16-7-6-15(12-16)17(18)19(22)21-10-8-14(9-11-21)13-4-2-1-3-5-13;/h1-5,14-18H,6-12,20H2;1H. The number of benzene rings is 1. The van der Waals surface area contributed by atoms with Crippen molar-refractivity contribution in [3.05, 3.63) is 35.9 Å². The molecule has 4 unspecified atom stereocenters. The normalized spacial score (nSPS) is 33.5. The molecule has 3 fully saturated rings. The van der Waals surface area contributed by atoms with Crippen molar-refractivity contribution in [2.24, 2.45) is 23.5 Å². The summed E-state index contributed by atoms with van der Waals surface area (Å²) < 4.78 is 0. The fourth-order valence-corrected chi connectivity index (χ4v) is 5.07. The number of carbonyl (C=O) groups excluding carboxylic acids is 1. The molecule has 4 rings (SSSR count). The molecule has 1 aromatic carbocycles. The van der Waals surface area contributed by atoms with Crippen molar-refractivity contribution in [2.45, 2.75) is 44.1 Å². The van der Waals surface area contributed by atoms with Gasteiger partial charge in [-0.3, -0.25) is 4.79 Å². The lowest BCUT2D eigenvalue weighted by atomic mass is 9.83. The van der Waals surface area contributed by atoms with Gasteiger partial charge in [0.15, 0.2) is 0 Å². The zero-order valence-electron chi connectivity index (χ0n) is 13.6. The average molecular weight is 335 g/mol. The topological polar surface area (TPSA) is 46.3 Å². The molecule has 3 aliphatic rings. The molecule has 4 atom stereocenters. The number of amides is 1. The number of hydrogen-bond acceptors (Lipinski definition) is 2. The van der Waals surface area contributed by atoms with Gasteiger partial charge in [0.1, 0.15) is 0 Å². The predicted molar refractivity (Wildman–Crippen MR) is 94.5 cm³/mol. The summed E-state index contributed by atoms with van der Waals surface area (Å²) in [6.07, 6.45) is 5.83. The van der Waals surface area contributed by atoms with Gasteiger partial charge in [0, 0.05) is 19.1 Å². The number of nitrogens with two attached hydrogens (primary N) is 1. The first-order valence-corrected chi connectivity index (χ1v) is 8.83. The van der Waals surface area contributed by atoms with Gasteiger partial charge in [0.25, 0.3) is 0 Å². The summed E-state index contributed by atoms with van der Waals surface area (Å²) in [5.41, 5.74) is 7.77. The minimum atomic E-state index is 0. The highest BCUT2D eigenvalue weighted by molar-refractivity contribution is 5.85. The number of fused-ring (bicyclic) bond motifs is 2. The van der Waals surface area contributed by atoms with Crippen LogP contribution in [0.1, 0.15) is 43.6 Å². The molecule has 2 bridgehead atoms. The molecule has 0 spiro atoms. The minimum Gasteiger partial charge on any atom is -0.342 e. The highest BCUT2D eigenvalue weighted by atomic mass is 35.5. The van der Waals surface area contributed by atoms with E-state index in [1.54, 1.807) is 0 Å². The van der Waals surface area contributed by atoms with Gasteiger partial charge < -0.3 is 10.6 Å². The largest absolute Gasteiger partial charge is 0.342 e. The molecule has 0 aromatic heterocycles. The van der Waals surface area contributed by atoms with Crippen molar-refractivity contribution in [3.8, 4) is 0 Å². The van der Waals surface area contributed by atoms with Gasteiger partial charge in [-0.25, -0.2) is 0 Å². The van der Waals surface area contributed by atoms with Crippen LogP contribution >= 0.6 is 12.4 Å². The van der Waals surface area contributed by atoms with E-state index in [2.05, 4.69) is 35.2 Å². The van der Waals surface area contributed by atoms with E-state index in [1.165, 1.54) is 24.8 Å². The molecule has 1 saturated heterocycles. The third-order valence-corrected chi connectivity index (χ3v) is 6.34. The van der Waals surface area contributed by atoms with Gasteiger partial charge in [-0.2, -0.15) is 0 Å². The average Bonchev–Trinajstić information content (AvgIpc) is 3.16. The van der Waals surface area contributed by atoms with Crippen LogP contribution in [0.2, 0.25) is 0 Å². The summed E-state index contributed by atoms with van der Waals surface area (Å²) in [5, 5.41) is 0. The third kappa shape index (κ3) is 3.01. The first kappa shape index (κ1) is 16.8. The lowest BCUT2D eigenvalue weighted by molar-refractivity contribution is -0.138. The minimum absolute atomic E-state index is 0. The number of piperidine rings is 1. The lowest BCUT2D eigenvalue weighted by Gasteiger charge is -2.37. The maximum Gasteiger partial charge on any atom is 0.227 e. The van der Waals surface area contributed by atoms with Crippen LogP contribution in [-0.2, 0) is 4.79 Å². The van der Waals surface area contributed by atoms with E-state index >= 15 is 0 Å². The molecule has 2 saturated carbocycles.